The average Bonchev–Trinajstić information content (AvgIpc) is 3.50. The molecular weight excluding hydrogens is 495 g/mol. The van der Waals surface area contributed by atoms with Gasteiger partial charge in [0.15, 0.2) is 11.9 Å². The van der Waals surface area contributed by atoms with E-state index in [1.165, 1.54) is 6.07 Å². The van der Waals surface area contributed by atoms with Crippen LogP contribution in [0, 0.1) is 11.3 Å². The van der Waals surface area contributed by atoms with Crippen LogP contribution in [0.2, 0.25) is 5.15 Å². The Morgan fingerprint density at radius 2 is 1.94 bits per heavy atom. The smallest absolute Gasteiger partial charge is 0.416 e. The Morgan fingerprint density at radius 3 is 2.58 bits per heavy atom. The van der Waals surface area contributed by atoms with Gasteiger partial charge in [0.25, 0.3) is 0 Å². The number of carbonyl (C=O) groups is 1. The van der Waals surface area contributed by atoms with E-state index >= 15 is 0 Å². The molecular formula is C26H31ClF3N3O3. The van der Waals surface area contributed by atoms with Crippen molar-refractivity contribution in [3.63, 3.8) is 0 Å². The van der Waals surface area contributed by atoms with Gasteiger partial charge in [-0.1, -0.05) is 30.6 Å². The number of likely N-dealkylation sites (tertiary alicyclic amines) is 1. The van der Waals surface area contributed by atoms with Crippen LogP contribution in [0.15, 0.2) is 28.8 Å². The van der Waals surface area contributed by atoms with Crippen LogP contribution < -0.4 is 4.74 Å². The number of amides is 1. The van der Waals surface area contributed by atoms with Gasteiger partial charge in [-0.25, -0.2) is 0 Å². The summed E-state index contributed by atoms with van der Waals surface area (Å²) in [7, 11) is 0. The maximum atomic E-state index is 13.9. The number of ether oxygens (including phenoxy) is 1. The van der Waals surface area contributed by atoms with Crippen LogP contribution in [-0.2, 0) is 17.5 Å². The molecule has 196 valence electrons. The summed E-state index contributed by atoms with van der Waals surface area (Å²) in [5.74, 6) is 1.62. The van der Waals surface area contributed by atoms with E-state index in [0.717, 1.165) is 63.1 Å². The maximum absolute atomic E-state index is 13.9. The molecule has 10 heteroatoms. The molecule has 1 aromatic carbocycles. The van der Waals surface area contributed by atoms with E-state index < -0.39 is 17.2 Å². The topological polar surface area (TPSA) is 58.8 Å². The van der Waals surface area contributed by atoms with Gasteiger partial charge >= 0.3 is 6.18 Å². The second kappa shape index (κ2) is 9.56. The number of nitrogens with zero attached hydrogens (tertiary/aromatic N) is 3. The summed E-state index contributed by atoms with van der Waals surface area (Å²) in [4.78, 5) is 18.0. The van der Waals surface area contributed by atoms with Gasteiger partial charge in [-0.05, 0) is 69.3 Å². The predicted octanol–water partition coefficient (Wildman–Crippen LogP) is 6.10. The lowest BCUT2D eigenvalue weighted by atomic mass is 9.74. The van der Waals surface area contributed by atoms with E-state index in [-0.39, 0.29) is 25.1 Å². The molecule has 0 unspecified atom stereocenters. The van der Waals surface area contributed by atoms with Crippen molar-refractivity contribution in [1.82, 2.24) is 15.0 Å². The molecule has 3 heterocycles. The molecule has 3 aliphatic rings. The fraction of sp³-hybridized carbons (Fsp3) is 0.615. The first-order valence-electron chi connectivity index (χ1n) is 12.6. The predicted molar refractivity (Wildman–Crippen MR) is 127 cm³/mol. The Bertz CT molecular complexity index is 1110. The second-order valence-corrected chi connectivity index (χ2v) is 11.1. The average molecular weight is 526 g/mol. The fourth-order valence-corrected chi connectivity index (χ4v) is 6.34. The molecule has 2 aromatic rings. The minimum Gasteiger partial charge on any atom is -0.473 e. The van der Waals surface area contributed by atoms with E-state index in [2.05, 4.69) is 23.9 Å². The Labute approximate surface area is 213 Å². The van der Waals surface area contributed by atoms with Crippen LogP contribution in [-0.4, -0.2) is 46.7 Å². The van der Waals surface area contributed by atoms with Crippen LogP contribution in [0.3, 0.4) is 0 Å². The van der Waals surface area contributed by atoms with E-state index in [1.807, 2.05) is 0 Å². The zero-order chi connectivity index (χ0) is 25.7. The lowest BCUT2D eigenvalue weighted by Gasteiger charge is -2.41. The largest absolute Gasteiger partial charge is 0.473 e. The number of hydrogen-bond acceptors (Lipinski definition) is 5. The van der Waals surface area contributed by atoms with Crippen molar-refractivity contribution >= 4 is 17.5 Å². The highest BCUT2D eigenvalue weighted by Crippen LogP contribution is 2.49. The van der Waals surface area contributed by atoms with Crippen molar-refractivity contribution in [2.45, 2.75) is 70.6 Å². The van der Waals surface area contributed by atoms with Gasteiger partial charge in [-0.2, -0.15) is 13.2 Å². The summed E-state index contributed by atoms with van der Waals surface area (Å²) in [6.45, 7) is 6.15. The highest BCUT2D eigenvalue weighted by molar-refractivity contribution is 6.29. The first-order valence-corrected chi connectivity index (χ1v) is 12.9. The van der Waals surface area contributed by atoms with Gasteiger partial charge in [0, 0.05) is 23.6 Å². The number of aromatic nitrogens is 1. The monoisotopic (exact) mass is 525 g/mol. The first-order chi connectivity index (χ1) is 17.1. The van der Waals surface area contributed by atoms with Crippen LogP contribution >= 0.6 is 11.6 Å². The van der Waals surface area contributed by atoms with Crippen molar-refractivity contribution in [1.29, 1.82) is 0 Å². The SMILES string of the molecule is CC(C)[C@]1(C(=O)N2COc3ccc(C(F)(F)F)cc3C2)CC[C@@H](N2CCC(c3cc(Cl)no3)CC2)C1. The molecule has 0 N–H and O–H groups in total. The number of halogens is 4. The molecule has 6 nitrogen and oxygen atoms in total. The van der Waals surface area contributed by atoms with Gasteiger partial charge in [-0.3, -0.25) is 4.79 Å². The third-order valence-corrected chi connectivity index (χ3v) is 8.59. The molecule has 36 heavy (non-hydrogen) atoms. The van der Waals surface area contributed by atoms with Crippen LogP contribution in [0.25, 0.3) is 0 Å². The maximum Gasteiger partial charge on any atom is 0.416 e. The summed E-state index contributed by atoms with van der Waals surface area (Å²) in [6.07, 6.45) is -0.115. The zero-order valence-corrected chi connectivity index (χ0v) is 21.2. The summed E-state index contributed by atoms with van der Waals surface area (Å²) >= 11 is 5.91. The number of alkyl halides is 3. The van der Waals surface area contributed by atoms with Crippen molar-refractivity contribution in [3.05, 3.63) is 46.3 Å². The number of fused-ring (bicyclic) bond motifs is 1. The Kier molecular flexibility index (Phi) is 6.74. The van der Waals surface area contributed by atoms with E-state index in [9.17, 15) is 18.0 Å². The number of rotatable bonds is 4. The van der Waals surface area contributed by atoms with Crippen LogP contribution in [0.1, 0.15) is 68.8 Å². The fourth-order valence-electron chi connectivity index (χ4n) is 6.20. The zero-order valence-electron chi connectivity index (χ0n) is 20.5. The molecule has 1 aliphatic carbocycles. The normalized spacial score (nSPS) is 25.8. The summed E-state index contributed by atoms with van der Waals surface area (Å²) in [5, 5.41) is 4.17. The molecule has 1 amide bonds. The van der Waals surface area contributed by atoms with Crippen molar-refractivity contribution in [2.75, 3.05) is 19.8 Å². The molecule has 1 aromatic heterocycles. The van der Waals surface area contributed by atoms with Crippen molar-refractivity contribution in [3.8, 4) is 5.75 Å². The summed E-state index contributed by atoms with van der Waals surface area (Å²) < 4.78 is 50.7. The lowest BCUT2D eigenvalue weighted by Crippen LogP contribution is -2.49. The highest BCUT2D eigenvalue weighted by atomic mass is 35.5. The van der Waals surface area contributed by atoms with Gasteiger partial charge < -0.3 is 19.1 Å². The molecule has 1 saturated carbocycles. The summed E-state index contributed by atoms with van der Waals surface area (Å²) in [6, 6.07) is 5.55. The lowest BCUT2D eigenvalue weighted by molar-refractivity contribution is -0.150. The number of carbonyl (C=O) groups excluding carboxylic acids is 1. The third kappa shape index (κ3) is 4.72. The first kappa shape index (κ1) is 25.4. The van der Waals surface area contributed by atoms with Gasteiger partial charge in [-0.15, -0.1) is 0 Å². The number of hydrogen-bond donors (Lipinski definition) is 0. The third-order valence-electron chi connectivity index (χ3n) is 8.41. The van der Waals surface area contributed by atoms with E-state index in [4.69, 9.17) is 20.9 Å². The minimum atomic E-state index is -4.44. The van der Waals surface area contributed by atoms with Gasteiger partial charge in [0.05, 0.1) is 17.5 Å². The molecule has 1 saturated heterocycles. The standard InChI is InChI=1S/C26H31ClF3N3O3/c1-16(2)25(24(34)33-14-18-11-19(26(28,29)30)3-4-21(18)35-15-33)8-5-20(13-25)32-9-6-17(7-10-32)22-12-23(27)31-36-22/h3-4,11-12,16-17,20H,5-10,13-15H2,1-2H3/t20-,25+/m1/s1. The van der Waals surface area contributed by atoms with Crippen LogP contribution in [0.4, 0.5) is 13.2 Å². The minimum absolute atomic E-state index is 0.0192. The van der Waals surface area contributed by atoms with Crippen molar-refractivity contribution < 1.29 is 27.2 Å². The van der Waals surface area contributed by atoms with Gasteiger partial charge in [0.2, 0.25) is 5.91 Å². The Morgan fingerprint density at radius 1 is 1.19 bits per heavy atom. The quantitative estimate of drug-likeness (QED) is 0.483. The molecule has 2 aliphatic heterocycles. The van der Waals surface area contributed by atoms with Crippen LogP contribution in [0.5, 0.6) is 5.75 Å². The molecule has 0 spiro atoms. The molecule has 5 rings (SSSR count). The molecule has 0 radical (unpaired) electrons. The van der Waals surface area contributed by atoms with E-state index in [1.54, 1.807) is 11.0 Å². The molecule has 2 atom stereocenters. The Hall–Kier alpha value is -2.26. The highest BCUT2D eigenvalue weighted by Gasteiger charge is 2.51. The Balaban J connectivity index is 1.26. The van der Waals surface area contributed by atoms with Gasteiger partial charge in [0.1, 0.15) is 11.5 Å². The van der Waals surface area contributed by atoms with E-state index in [0.29, 0.717) is 28.4 Å². The molecule has 0 bridgehead atoms. The number of piperidine rings is 1. The van der Waals surface area contributed by atoms with Crippen molar-refractivity contribution in [2.24, 2.45) is 11.3 Å². The second-order valence-electron chi connectivity index (χ2n) is 10.7. The summed E-state index contributed by atoms with van der Waals surface area (Å²) in [5.41, 5.74) is -0.884. The molecule has 2 fully saturated rings. The number of benzene rings is 1.